The lowest BCUT2D eigenvalue weighted by atomic mass is 9.86. The molecule has 1 fully saturated rings. The van der Waals surface area contributed by atoms with Crippen LogP contribution in [0.15, 0.2) is 30.3 Å². The molecule has 2 heteroatoms. The van der Waals surface area contributed by atoms with Crippen LogP contribution in [0.2, 0.25) is 0 Å². The monoisotopic (exact) mass is 288 g/mol. The third kappa shape index (κ3) is 4.31. The van der Waals surface area contributed by atoms with Gasteiger partial charge in [-0.1, -0.05) is 51.1 Å². The van der Waals surface area contributed by atoms with Crippen LogP contribution >= 0.6 is 0 Å². The van der Waals surface area contributed by atoms with Crippen molar-refractivity contribution in [2.75, 3.05) is 20.1 Å². The zero-order chi connectivity index (χ0) is 15.3. The van der Waals surface area contributed by atoms with Gasteiger partial charge in [0.2, 0.25) is 0 Å². The first kappa shape index (κ1) is 16.5. The fourth-order valence-corrected chi connectivity index (χ4v) is 3.67. The number of hydrogen-bond donors (Lipinski definition) is 1. The highest BCUT2D eigenvalue weighted by Crippen LogP contribution is 2.39. The summed E-state index contributed by atoms with van der Waals surface area (Å²) in [5, 5.41) is 3.81. The van der Waals surface area contributed by atoms with Crippen molar-refractivity contribution in [2.24, 2.45) is 5.41 Å². The summed E-state index contributed by atoms with van der Waals surface area (Å²) in [4.78, 5) is 2.58. The minimum Gasteiger partial charge on any atom is -0.312 e. The molecule has 2 rings (SSSR count). The highest BCUT2D eigenvalue weighted by Gasteiger charge is 2.42. The number of benzene rings is 1. The number of nitrogens with zero attached hydrogens (tertiary/aromatic N) is 1. The first-order valence-corrected chi connectivity index (χ1v) is 8.52. The maximum Gasteiger partial charge on any atom is 0.0274 e. The van der Waals surface area contributed by atoms with E-state index < -0.39 is 0 Å². The molecule has 0 aliphatic heterocycles. The van der Waals surface area contributed by atoms with Crippen molar-refractivity contribution < 1.29 is 0 Å². The molecule has 1 aromatic carbocycles. The third-order valence-electron chi connectivity index (χ3n) is 5.09. The van der Waals surface area contributed by atoms with Crippen LogP contribution in [-0.2, 0) is 6.42 Å². The predicted octanol–water partition coefficient (Wildman–Crippen LogP) is 3.72. The standard InChI is InChI=1S/C19H32N2/c1-5-14-20-18-17(11-13-19(18,2)3)21(4)15-12-16-9-7-6-8-10-16/h6-10,17-18,20H,5,11-15H2,1-4H3. The van der Waals surface area contributed by atoms with E-state index in [1.165, 1.54) is 24.8 Å². The van der Waals surface area contributed by atoms with Crippen LogP contribution in [0.25, 0.3) is 0 Å². The Morgan fingerprint density at radius 1 is 1.24 bits per heavy atom. The number of likely N-dealkylation sites (N-methyl/N-ethyl adjacent to an activating group) is 1. The van der Waals surface area contributed by atoms with Gasteiger partial charge in [-0.25, -0.2) is 0 Å². The molecule has 0 amide bonds. The topological polar surface area (TPSA) is 15.3 Å². The summed E-state index contributed by atoms with van der Waals surface area (Å²) in [6.45, 7) is 9.38. The summed E-state index contributed by atoms with van der Waals surface area (Å²) >= 11 is 0. The molecule has 0 aromatic heterocycles. The smallest absolute Gasteiger partial charge is 0.0274 e. The van der Waals surface area contributed by atoms with Crippen LogP contribution in [0.3, 0.4) is 0 Å². The average molecular weight is 288 g/mol. The lowest BCUT2D eigenvalue weighted by Crippen LogP contribution is -2.51. The summed E-state index contributed by atoms with van der Waals surface area (Å²) in [7, 11) is 2.30. The first-order chi connectivity index (χ1) is 10.0. The minimum atomic E-state index is 0.418. The summed E-state index contributed by atoms with van der Waals surface area (Å²) in [5.41, 5.74) is 1.86. The Hall–Kier alpha value is -0.860. The zero-order valence-corrected chi connectivity index (χ0v) is 14.2. The van der Waals surface area contributed by atoms with Crippen molar-refractivity contribution in [3.63, 3.8) is 0 Å². The molecular weight excluding hydrogens is 256 g/mol. The predicted molar refractivity (Wildman–Crippen MR) is 91.7 cm³/mol. The molecule has 0 bridgehead atoms. The molecule has 118 valence electrons. The van der Waals surface area contributed by atoms with E-state index in [9.17, 15) is 0 Å². The Bertz CT molecular complexity index is 413. The Kier molecular flexibility index (Phi) is 5.83. The lowest BCUT2D eigenvalue weighted by Gasteiger charge is -2.36. The SMILES string of the molecule is CCCNC1C(N(C)CCc2ccccc2)CCC1(C)C. The second-order valence-electron chi connectivity index (χ2n) is 7.24. The van der Waals surface area contributed by atoms with Gasteiger partial charge in [0.15, 0.2) is 0 Å². The Balaban J connectivity index is 1.92. The number of hydrogen-bond acceptors (Lipinski definition) is 2. The van der Waals surface area contributed by atoms with Crippen molar-refractivity contribution in [1.82, 2.24) is 10.2 Å². The maximum absolute atomic E-state index is 3.81. The van der Waals surface area contributed by atoms with Crippen molar-refractivity contribution in [2.45, 2.75) is 58.5 Å². The highest BCUT2D eigenvalue weighted by atomic mass is 15.2. The molecule has 2 unspecified atom stereocenters. The van der Waals surface area contributed by atoms with E-state index in [1.807, 2.05) is 0 Å². The lowest BCUT2D eigenvalue weighted by molar-refractivity contribution is 0.172. The Morgan fingerprint density at radius 3 is 2.62 bits per heavy atom. The molecule has 1 N–H and O–H groups in total. The second-order valence-corrected chi connectivity index (χ2v) is 7.24. The molecule has 0 heterocycles. The van der Waals surface area contributed by atoms with Crippen molar-refractivity contribution >= 4 is 0 Å². The molecule has 0 saturated heterocycles. The summed E-state index contributed by atoms with van der Waals surface area (Å²) < 4.78 is 0. The number of rotatable bonds is 7. The van der Waals surface area contributed by atoms with Gasteiger partial charge < -0.3 is 10.2 Å². The van der Waals surface area contributed by atoms with Gasteiger partial charge in [0, 0.05) is 18.6 Å². The molecule has 1 aromatic rings. The van der Waals surface area contributed by atoms with Crippen LogP contribution in [-0.4, -0.2) is 37.1 Å². The third-order valence-corrected chi connectivity index (χ3v) is 5.09. The van der Waals surface area contributed by atoms with Gasteiger partial charge in [0.25, 0.3) is 0 Å². The van der Waals surface area contributed by atoms with Crippen LogP contribution in [0.4, 0.5) is 0 Å². The maximum atomic E-state index is 3.81. The molecule has 2 atom stereocenters. The molecule has 0 spiro atoms. The molecular formula is C19H32N2. The second kappa shape index (κ2) is 7.42. The summed E-state index contributed by atoms with van der Waals surface area (Å²) in [5.74, 6) is 0. The number of nitrogens with one attached hydrogen (secondary N) is 1. The van der Waals surface area contributed by atoms with Gasteiger partial charge in [0.05, 0.1) is 0 Å². The van der Waals surface area contributed by atoms with Gasteiger partial charge >= 0.3 is 0 Å². The highest BCUT2D eigenvalue weighted by molar-refractivity contribution is 5.15. The van der Waals surface area contributed by atoms with E-state index in [-0.39, 0.29) is 0 Å². The van der Waals surface area contributed by atoms with E-state index in [0.29, 0.717) is 17.5 Å². The zero-order valence-electron chi connectivity index (χ0n) is 14.2. The van der Waals surface area contributed by atoms with Crippen LogP contribution < -0.4 is 5.32 Å². The van der Waals surface area contributed by atoms with Crippen LogP contribution in [0.1, 0.15) is 45.6 Å². The fraction of sp³-hybridized carbons (Fsp3) is 0.684. The molecule has 0 radical (unpaired) electrons. The van der Waals surface area contributed by atoms with Gasteiger partial charge in [-0.05, 0) is 50.3 Å². The quantitative estimate of drug-likeness (QED) is 0.822. The van der Waals surface area contributed by atoms with Crippen molar-refractivity contribution in [3.8, 4) is 0 Å². The van der Waals surface area contributed by atoms with E-state index in [2.05, 4.69) is 68.4 Å². The Labute approximate surface area is 130 Å². The van der Waals surface area contributed by atoms with Crippen LogP contribution in [0, 0.1) is 5.41 Å². The van der Waals surface area contributed by atoms with Crippen molar-refractivity contribution in [3.05, 3.63) is 35.9 Å². The largest absolute Gasteiger partial charge is 0.312 e. The van der Waals surface area contributed by atoms with E-state index >= 15 is 0 Å². The minimum absolute atomic E-state index is 0.418. The molecule has 2 nitrogen and oxygen atoms in total. The van der Waals surface area contributed by atoms with E-state index in [4.69, 9.17) is 0 Å². The average Bonchev–Trinajstić information content (AvgIpc) is 2.78. The Morgan fingerprint density at radius 2 is 1.95 bits per heavy atom. The molecule has 21 heavy (non-hydrogen) atoms. The van der Waals surface area contributed by atoms with Gasteiger partial charge in [-0.3, -0.25) is 0 Å². The first-order valence-electron chi connectivity index (χ1n) is 8.52. The fourth-order valence-electron chi connectivity index (χ4n) is 3.67. The van der Waals surface area contributed by atoms with Crippen LogP contribution in [0.5, 0.6) is 0 Å². The van der Waals surface area contributed by atoms with Gasteiger partial charge in [-0.2, -0.15) is 0 Å². The normalized spacial score (nSPS) is 24.6. The molecule has 1 aliphatic rings. The molecule has 1 aliphatic carbocycles. The summed E-state index contributed by atoms with van der Waals surface area (Å²) in [6.07, 6.45) is 5.01. The summed E-state index contributed by atoms with van der Waals surface area (Å²) in [6, 6.07) is 12.1. The van der Waals surface area contributed by atoms with E-state index in [1.54, 1.807) is 0 Å². The van der Waals surface area contributed by atoms with E-state index in [0.717, 1.165) is 19.5 Å². The van der Waals surface area contributed by atoms with Crippen molar-refractivity contribution in [1.29, 1.82) is 0 Å². The van der Waals surface area contributed by atoms with Gasteiger partial charge in [0.1, 0.15) is 0 Å². The van der Waals surface area contributed by atoms with Gasteiger partial charge in [-0.15, -0.1) is 0 Å². The molecule has 1 saturated carbocycles.